The molecule has 208 valence electrons. The first-order valence-electron chi connectivity index (χ1n) is 16.8. The van der Waals surface area contributed by atoms with Crippen molar-refractivity contribution in [1.29, 1.82) is 0 Å². The minimum absolute atomic E-state index is 0.491. The maximum atomic E-state index is 2.79. The van der Waals surface area contributed by atoms with E-state index in [1.807, 2.05) is 0 Å². The summed E-state index contributed by atoms with van der Waals surface area (Å²) in [6.45, 7) is 15.4. The molecule has 2 atom stereocenters. The van der Waals surface area contributed by atoms with Crippen LogP contribution in [0.25, 0.3) is 0 Å². The molecule has 0 spiro atoms. The average molecular weight is 489 g/mol. The number of unbranched alkanes of at least 4 members (excludes halogenated alkanes) is 6. The SMILES string of the molecule is CCCCCCC(C)CCC1(C(C)(C)C2(CCC(C)CCCCCC)CCCCC2)CCCCC1. The summed E-state index contributed by atoms with van der Waals surface area (Å²) in [7, 11) is 0. The van der Waals surface area contributed by atoms with Crippen molar-refractivity contribution < 1.29 is 0 Å². The first kappa shape index (κ1) is 31.2. The second-order valence-corrected chi connectivity index (χ2v) is 14.3. The zero-order chi connectivity index (χ0) is 25.6. The normalized spacial score (nSPS) is 22.1. The van der Waals surface area contributed by atoms with E-state index in [4.69, 9.17) is 0 Å². The van der Waals surface area contributed by atoms with Crippen LogP contribution in [0.3, 0.4) is 0 Å². The third kappa shape index (κ3) is 9.06. The first-order chi connectivity index (χ1) is 16.8. The van der Waals surface area contributed by atoms with Gasteiger partial charge in [-0.25, -0.2) is 0 Å². The molecule has 0 amide bonds. The molecule has 2 rings (SSSR count). The summed E-state index contributed by atoms with van der Waals surface area (Å²) in [4.78, 5) is 0. The Hall–Kier alpha value is 0. The topological polar surface area (TPSA) is 0 Å². The van der Waals surface area contributed by atoms with E-state index < -0.39 is 0 Å². The summed E-state index contributed by atoms with van der Waals surface area (Å²) in [6.07, 6.45) is 35.5. The van der Waals surface area contributed by atoms with Crippen LogP contribution < -0.4 is 0 Å². The molecule has 0 aromatic heterocycles. The van der Waals surface area contributed by atoms with E-state index in [1.165, 1.54) is 154 Å². The highest BCUT2D eigenvalue weighted by Gasteiger charge is 2.56. The van der Waals surface area contributed by atoms with Crippen molar-refractivity contribution in [3.8, 4) is 0 Å². The van der Waals surface area contributed by atoms with Gasteiger partial charge in [-0.2, -0.15) is 0 Å². The van der Waals surface area contributed by atoms with Gasteiger partial charge in [-0.3, -0.25) is 0 Å². The number of hydrogen-bond donors (Lipinski definition) is 0. The van der Waals surface area contributed by atoms with Crippen molar-refractivity contribution in [3.05, 3.63) is 0 Å². The lowest BCUT2D eigenvalue weighted by atomic mass is 9.43. The highest BCUT2D eigenvalue weighted by atomic mass is 14.6. The van der Waals surface area contributed by atoms with Gasteiger partial charge in [0.1, 0.15) is 0 Å². The molecule has 0 aromatic rings. The Balaban J connectivity index is 2.09. The van der Waals surface area contributed by atoms with E-state index in [2.05, 4.69) is 41.5 Å². The van der Waals surface area contributed by atoms with Crippen LogP contribution in [0.15, 0.2) is 0 Å². The van der Waals surface area contributed by atoms with Crippen molar-refractivity contribution in [1.82, 2.24) is 0 Å². The summed E-state index contributed by atoms with van der Waals surface area (Å²) >= 11 is 0. The number of hydrogen-bond acceptors (Lipinski definition) is 0. The van der Waals surface area contributed by atoms with Gasteiger partial charge in [0.25, 0.3) is 0 Å². The summed E-state index contributed by atoms with van der Waals surface area (Å²) < 4.78 is 0. The second kappa shape index (κ2) is 16.1. The lowest BCUT2D eigenvalue weighted by Crippen LogP contribution is -2.52. The summed E-state index contributed by atoms with van der Waals surface area (Å²) in [5, 5.41) is 0. The van der Waals surface area contributed by atoms with E-state index in [-0.39, 0.29) is 0 Å². The van der Waals surface area contributed by atoms with Crippen LogP contribution in [0.4, 0.5) is 0 Å². The maximum absolute atomic E-state index is 2.79. The highest BCUT2D eigenvalue weighted by Crippen LogP contribution is 2.66. The van der Waals surface area contributed by atoms with Gasteiger partial charge in [0.2, 0.25) is 0 Å². The Bertz CT molecular complexity index is 470. The van der Waals surface area contributed by atoms with Gasteiger partial charge in [0, 0.05) is 0 Å². The maximum Gasteiger partial charge on any atom is -0.0241 e. The van der Waals surface area contributed by atoms with Crippen LogP contribution in [0.5, 0.6) is 0 Å². The van der Waals surface area contributed by atoms with Gasteiger partial charge in [-0.1, -0.05) is 157 Å². The molecular weight excluding hydrogens is 420 g/mol. The summed E-state index contributed by atoms with van der Waals surface area (Å²) in [5.74, 6) is 1.85. The summed E-state index contributed by atoms with van der Waals surface area (Å²) in [6, 6.07) is 0. The number of rotatable bonds is 18. The molecular formula is C35H68. The Morgan fingerprint density at radius 1 is 0.514 bits per heavy atom. The lowest BCUT2D eigenvalue weighted by Gasteiger charge is -2.61. The van der Waals surface area contributed by atoms with E-state index >= 15 is 0 Å². The molecule has 2 unspecified atom stereocenters. The smallest absolute Gasteiger partial charge is 0.0241 e. The zero-order valence-electron chi connectivity index (χ0n) is 25.6. The second-order valence-electron chi connectivity index (χ2n) is 14.3. The van der Waals surface area contributed by atoms with Crippen LogP contribution in [0.1, 0.15) is 196 Å². The third-order valence-electron chi connectivity index (χ3n) is 11.6. The lowest BCUT2D eigenvalue weighted by molar-refractivity contribution is -0.115. The third-order valence-corrected chi connectivity index (χ3v) is 11.6. The largest absolute Gasteiger partial charge is 0.0654 e. The molecule has 0 heterocycles. The van der Waals surface area contributed by atoms with Gasteiger partial charge < -0.3 is 0 Å². The molecule has 0 heteroatoms. The van der Waals surface area contributed by atoms with Crippen LogP contribution in [-0.2, 0) is 0 Å². The Morgan fingerprint density at radius 2 is 0.886 bits per heavy atom. The van der Waals surface area contributed by atoms with Gasteiger partial charge in [-0.15, -0.1) is 0 Å². The van der Waals surface area contributed by atoms with Crippen molar-refractivity contribution in [2.75, 3.05) is 0 Å². The van der Waals surface area contributed by atoms with E-state index in [0.717, 1.165) is 11.8 Å². The van der Waals surface area contributed by atoms with Gasteiger partial charge in [0.05, 0.1) is 0 Å². The molecule has 2 saturated carbocycles. The molecule has 2 fully saturated rings. The fourth-order valence-electron chi connectivity index (χ4n) is 8.57. The van der Waals surface area contributed by atoms with Crippen LogP contribution in [-0.4, -0.2) is 0 Å². The molecule has 35 heavy (non-hydrogen) atoms. The van der Waals surface area contributed by atoms with Crippen LogP contribution in [0, 0.1) is 28.1 Å². The Labute approximate surface area is 223 Å². The molecule has 0 aromatic carbocycles. The molecule has 0 aliphatic heterocycles. The molecule has 0 N–H and O–H groups in total. The van der Waals surface area contributed by atoms with Gasteiger partial charge in [-0.05, 0) is 66.6 Å². The molecule has 0 radical (unpaired) electrons. The van der Waals surface area contributed by atoms with Gasteiger partial charge >= 0.3 is 0 Å². The minimum Gasteiger partial charge on any atom is -0.0654 e. The van der Waals surface area contributed by atoms with Crippen molar-refractivity contribution in [3.63, 3.8) is 0 Å². The standard InChI is InChI=1S/C35H68/c1-7-9-11-15-21-31(3)23-29-34(25-17-13-18-26-34)33(5,6)35(27-19-14-20-28-35)30-24-32(4)22-16-12-10-8-2/h31-32H,7-30H2,1-6H3. The van der Waals surface area contributed by atoms with Crippen LogP contribution >= 0.6 is 0 Å². The first-order valence-corrected chi connectivity index (χ1v) is 16.8. The monoisotopic (exact) mass is 489 g/mol. The molecule has 0 nitrogen and oxygen atoms in total. The fourth-order valence-corrected chi connectivity index (χ4v) is 8.57. The average Bonchev–Trinajstić information content (AvgIpc) is 2.87. The van der Waals surface area contributed by atoms with Crippen LogP contribution in [0.2, 0.25) is 0 Å². The van der Waals surface area contributed by atoms with Crippen molar-refractivity contribution in [2.45, 2.75) is 196 Å². The van der Waals surface area contributed by atoms with E-state index in [1.54, 1.807) is 0 Å². The predicted molar refractivity (Wildman–Crippen MR) is 159 cm³/mol. The van der Waals surface area contributed by atoms with Gasteiger partial charge in [0.15, 0.2) is 0 Å². The van der Waals surface area contributed by atoms with Crippen molar-refractivity contribution >= 4 is 0 Å². The van der Waals surface area contributed by atoms with E-state index in [0.29, 0.717) is 16.2 Å². The fraction of sp³-hybridized carbons (Fsp3) is 1.00. The Kier molecular flexibility index (Phi) is 14.3. The minimum atomic E-state index is 0.491. The predicted octanol–water partition coefficient (Wildman–Crippen LogP) is 12.7. The Morgan fingerprint density at radius 3 is 1.23 bits per heavy atom. The highest BCUT2D eigenvalue weighted by molar-refractivity contribution is 5.05. The van der Waals surface area contributed by atoms with E-state index in [9.17, 15) is 0 Å². The van der Waals surface area contributed by atoms with Crippen molar-refractivity contribution in [2.24, 2.45) is 28.1 Å². The quantitative estimate of drug-likeness (QED) is 0.168. The zero-order valence-corrected chi connectivity index (χ0v) is 25.6. The molecule has 2 aliphatic carbocycles. The molecule has 0 bridgehead atoms. The molecule has 2 aliphatic rings. The summed E-state index contributed by atoms with van der Waals surface area (Å²) in [5.41, 5.74) is 1.69. The molecule has 0 saturated heterocycles.